The van der Waals surface area contributed by atoms with E-state index >= 15 is 0 Å². The fraction of sp³-hybridized carbons (Fsp3) is 0.0556. The first-order valence-corrected chi connectivity index (χ1v) is 9.00. The van der Waals surface area contributed by atoms with E-state index in [2.05, 4.69) is 10.3 Å². The van der Waals surface area contributed by atoms with Crippen LogP contribution in [-0.2, 0) is 4.79 Å². The van der Waals surface area contributed by atoms with Crippen molar-refractivity contribution in [3.8, 4) is 0 Å². The topological polar surface area (TPSA) is 78.8 Å². The number of halogens is 2. The smallest absolute Gasteiger partial charge is 0.337 e. The Morgan fingerprint density at radius 2 is 1.92 bits per heavy atom. The minimum absolute atomic E-state index is 0.0597. The molecule has 0 radical (unpaired) electrons. The summed E-state index contributed by atoms with van der Waals surface area (Å²) in [5.41, 5.74) is 1.74. The summed E-state index contributed by atoms with van der Waals surface area (Å²) in [6.07, 6.45) is 1.58. The van der Waals surface area contributed by atoms with Gasteiger partial charge in [-0.3, -0.25) is 4.79 Å². The molecule has 1 amide bonds. The van der Waals surface area contributed by atoms with Gasteiger partial charge in [-0.1, -0.05) is 35.3 Å². The molecule has 1 saturated heterocycles. The number of amidine groups is 1. The van der Waals surface area contributed by atoms with Gasteiger partial charge in [-0.2, -0.15) is 0 Å². The highest BCUT2D eigenvalue weighted by Gasteiger charge is 2.25. The van der Waals surface area contributed by atoms with E-state index in [4.69, 9.17) is 23.2 Å². The number of aliphatic imine (C=N–C) groups is 1. The number of thioether (sulfide) groups is 1. The van der Waals surface area contributed by atoms with Crippen molar-refractivity contribution in [1.29, 1.82) is 0 Å². The molecule has 1 fully saturated rings. The number of nitrogens with one attached hydrogen (secondary N) is 1. The predicted octanol–water partition coefficient (Wildman–Crippen LogP) is 4.89. The average molecular weight is 407 g/mol. The predicted molar refractivity (Wildman–Crippen MR) is 105 cm³/mol. The van der Waals surface area contributed by atoms with Crippen molar-refractivity contribution < 1.29 is 14.7 Å². The SMILES string of the molecule is Cc1ccc(C(=O)O)c(N=C2NC(=O)/C(=C/c3c(Cl)cccc3Cl)S2)c1. The van der Waals surface area contributed by atoms with Crippen molar-refractivity contribution in [3.63, 3.8) is 0 Å². The molecule has 0 unspecified atom stereocenters. The Morgan fingerprint density at radius 1 is 1.23 bits per heavy atom. The number of aromatic carboxylic acids is 1. The van der Waals surface area contributed by atoms with Gasteiger partial charge >= 0.3 is 5.97 Å². The van der Waals surface area contributed by atoms with Crippen LogP contribution in [0.5, 0.6) is 0 Å². The van der Waals surface area contributed by atoms with Gasteiger partial charge in [-0.05, 0) is 54.6 Å². The van der Waals surface area contributed by atoms with Crippen LogP contribution in [0.15, 0.2) is 46.3 Å². The molecule has 132 valence electrons. The largest absolute Gasteiger partial charge is 0.478 e. The molecule has 0 aliphatic carbocycles. The normalized spacial score (nSPS) is 17.0. The van der Waals surface area contributed by atoms with Crippen molar-refractivity contribution in [2.75, 3.05) is 0 Å². The fourth-order valence-corrected chi connectivity index (χ4v) is 3.61. The molecular weight excluding hydrogens is 395 g/mol. The maximum atomic E-state index is 12.2. The second kappa shape index (κ2) is 7.53. The maximum Gasteiger partial charge on any atom is 0.337 e. The molecule has 3 rings (SSSR count). The Labute approximate surface area is 163 Å². The lowest BCUT2D eigenvalue weighted by Gasteiger charge is -2.03. The number of carbonyl (C=O) groups is 2. The van der Waals surface area contributed by atoms with Crippen LogP contribution in [0.25, 0.3) is 6.08 Å². The van der Waals surface area contributed by atoms with Crippen molar-refractivity contribution in [2.24, 2.45) is 4.99 Å². The van der Waals surface area contributed by atoms with Crippen LogP contribution in [0.3, 0.4) is 0 Å². The van der Waals surface area contributed by atoms with Gasteiger partial charge in [-0.15, -0.1) is 0 Å². The van der Waals surface area contributed by atoms with Crippen molar-refractivity contribution in [1.82, 2.24) is 5.32 Å². The molecule has 0 saturated carbocycles. The summed E-state index contributed by atoms with van der Waals surface area (Å²) in [7, 11) is 0. The lowest BCUT2D eigenvalue weighted by molar-refractivity contribution is -0.115. The molecule has 26 heavy (non-hydrogen) atoms. The molecule has 0 aromatic heterocycles. The average Bonchev–Trinajstić information content (AvgIpc) is 2.90. The van der Waals surface area contributed by atoms with Crippen LogP contribution in [0.2, 0.25) is 10.0 Å². The van der Waals surface area contributed by atoms with E-state index in [0.29, 0.717) is 20.5 Å². The Bertz CT molecular complexity index is 966. The summed E-state index contributed by atoms with van der Waals surface area (Å²) >= 11 is 13.4. The molecule has 5 nitrogen and oxygen atoms in total. The summed E-state index contributed by atoms with van der Waals surface area (Å²) in [6, 6.07) is 9.90. The Hall–Kier alpha value is -2.28. The number of amides is 1. The van der Waals surface area contributed by atoms with Gasteiger partial charge < -0.3 is 10.4 Å². The van der Waals surface area contributed by atoms with E-state index in [-0.39, 0.29) is 22.3 Å². The number of rotatable bonds is 3. The molecule has 2 N–H and O–H groups in total. The third kappa shape index (κ3) is 3.93. The van der Waals surface area contributed by atoms with Crippen LogP contribution in [0, 0.1) is 6.92 Å². The van der Waals surface area contributed by atoms with E-state index < -0.39 is 5.97 Å². The molecule has 0 atom stereocenters. The minimum Gasteiger partial charge on any atom is -0.478 e. The van der Waals surface area contributed by atoms with Crippen LogP contribution >= 0.6 is 35.0 Å². The first kappa shape index (κ1) is 18.5. The number of carboxylic acids is 1. The molecular formula is C18H12Cl2N2O3S. The van der Waals surface area contributed by atoms with Crippen molar-refractivity contribution in [3.05, 3.63) is 68.0 Å². The second-order valence-electron chi connectivity index (χ2n) is 5.44. The summed E-state index contributed by atoms with van der Waals surface area (Å²) in [5, 5.41) is 13.1. The maximum absolute atomic E-state index is 12.2. The third-order valence-corrected chi connectivity index (χ3v) is 5.10. The van der Waals surface area contributed by atoms with E-state index in [1.165, 1.54) is 6.07 Å². The number of carbonyl (C=O) groups excluding carboxylic acids is 1. The van der Waals surface area contributed by atoms with Crippen LogP contribution < -0.4 is 5.32 Å². The Balaban J connectivity index is 1.96. The summed E-state index contributed by atoms with van der Waals surface area (Å²) < 4.78 is 0. The van der Waals surface area contributed by atoms with Crippen LogP contribution in [0.4, 0.5) is 5.69 Å². The van der Waals surface area contributed by atoms with Gasteiger partial charge in [0.1, 0.15) is 0 Å². The molecule has 2 aromatic carbocycles. The lowest BCUT2D eigenvalue weighted by atomic mass is 10.1. The number of benzene rings is 2. The quantitative estimate of drug-likeness (QED) is 0.710. The Morgan fingerprint density at radius 3 is 2.58 bits per heavy atom. The van der Waals surface area contributed by atoms with Gasteiger partial charge in [0.25, 0.3) is 5.91 Å². The minimum atomic E-state index is -1.09. The molecule has 0 bridgehead atoms. The van der Waals surface area contributed by atoms with Gasteiger partial charge in [0, 0.05) is 15.6 Å². The molecule has 1 aliphatic heterocycles. The fourth-order valence-electron chi connectivity index (χ4n) is 2.28. The zero-order chi connectivity index (χ0) is 18.8. The van der Waals surface area contributed by atoms with Gasteiger partial charge in [0.2, 0.25) is 0 Å². The van der Waals surface area contributed by atoms with Crippen molar-refractivity contribution >= 4 is 63.8 Å². The molecule has 1 heterocycles. The zero-order valence-electron chi connectivity index (χ0n) is 13.4. The summed E-state index contributed by atoms with van der Waals surface area (Å²) in [4.78, 5) is 28.2. The van der Waals surface area contributed by atoms with Gasteiger partial charge in [0.15, 0.2) is 5.17 Å². The second-order valence-corrected chi connectivity index (χ2v) is 7.29. The molecule has 2 aromatic rings. The molecule has 8 heteroatoms. The van der Waals surface area contributed by atoms with Gasteiger partial charge in [0.05, 0.1) is 16.2 Å². The van der Waals surface area contributed by atoms with E-state index in [1.54, 1.807) is 36.4 Å². The first-order chi connectivity index (χ1) is 12.3. The highest BCUT2D eigenvalue weighted by Crippen LogP contribution is 2.33. The monoisotopic (exact) mass is 406 g/mol. The zero-order valence-corrected chi connectivity index (χ0v) is 15.7. The highest BCUT2D eigenvalue weighted by atomic mass is 35.5. The number of carboxylic acid groups (broad SMARTS) is 1. The van der Waals surface area contributed by atoms with Crippen LogP contribution in [-0.4, -0.2) is 22.2 Å². The number of hydrogen-bond donors (Lipinski definition) is 2. The third-order valence-electron chi connectivity index (χ3n) is 3.53. The van der Waals surface area contributed by atoms with Crippen LogP contribution in [0.1, 0.15) is 21.5 Å². The van der Waals surface area contributed by atoms with E-state index in [1.807, 2.05) is 6.92 Å². The number of nitrogens with zero attached hydrogens (tertiary/aromatic N) is 1. The number of hydrogen-bond acceptors (Lipinski definition) is 4. The standard InChI is InChI=1S/C18H12Cl2N2O3S/c1-9-5-6-10(17(24)25)14(7-9)21-18-22-16(23)15(26-18)8-11-12(19)3-2-4-13(11)20/h2-8H,1H3,(H,24,25)(H,21,22,23)/b15-8-. The molecule has 0 spiro atoms. The highest BCUT2D eigenvalue weighted by molar-refractivity contribution is 8.18. The Kier molecular flexibility index (Phi) is 5.36. The lowest BCUT2D eigenvalue weighted by Crippen LogP contribution is -2.19. The summed E-state index contributed by atoms with van der Waals surface area (Å²) in [6.45, 7) is 1.83. The van der Waals surface area contributed by atoms with Gasteiger partial charge in [-0.25, -0.2) is 9.79 Å². The van der Waals surface area contributed by atoms with E-state index in [9.17, 15) is 14.7 Å². The molecule has 1 aliphatic rings. The summed E-state index contributed by atoms with van der Waals surface area (Å²) in [5.74, 6) is -1.44. The first-order valence-electron chi connectivity index (χ1n) is 7.42. The van der Waals surface area contributed by atoms with Crippen molar-refractivity contribution in [2.45, 2.75) is 6.92 Å². The van der Waals surface area contributed by atoms with E-state index in [0.717, 1.165) is 17.3 Å². The number of aryl methyl sites for hydroxylation is 1.